The van der Waals surface area contributed by atoms with Crippen LogP contribution in [-0.2, 0) is 9.53 Å². The number of aromatic carboxylic acids is 1. The topological polar surface area (TPSA) is 92.9 Å². The molecule has 0 aromatic heterocycles. The summed E-state index contributed by atoms with van der Waals surface area (Å²) >= 11 is 0. The van der Waals surface area contributed by atoms with E-state index in [2.05, 4.69) is 0 Å². The molecule has 0 aliphatic carbocycles. The summed E-state index contributed by atoms with van der Waals surface area (Å²) in [6.07, 6.45) is 0.142. The third-order valence-corrected chi connectivity index (χ3v) is 3.12. The molecule has 1 aromatic rings. The molecule has 0 fully saturated rings. The lowest BCUT2D eigenvalue weighted by Crippen LogP contribution is -2.35. The van der Waals surface area contributed by atoms with Gasteiger partial charge < -0.3 is 20.5 Å². The van der Waals surface area contributed by atoms with Crippen LogP contribution in [0, 0.1) is 0 Å². The molecule has 110 valence electrons. The number of hydrogen-bond donors (Lipinski definition) is 2. The Balaban J connectivity index is 3.06. The zero-order valence-electron chi connectivity index (χ0n) is 12.1. The standard InChI is InChI=1S/C14H20N2O4/c1-14(2,20-4)8-12(17)16(3)11-6-5-9(15)7-10(11)13(18)19/h5-7H,8,15H2,1-4H3,(H,18,19). The van der Waals surface area contributed by atoms with Crippen LogP contribution in [0.3, 0.4) is 0 Å². The molecule has 0 spiro atoms. The van der Waals surface area contributed by atoms with Crippen molar-refractivity contribution in [2.45, 2.75) is 25.9 Å². The number of anilines is 2. The Hall–Kier alpha value is -2.08. The van der Waals surface area contributed by atoms with E-state index in [0.29, 0.717) is 11.4 Å². The molecular formula is C14H20N2O4. The molecule has 0 radical (unpaired) electrons. The van der Waals surface area contributed by atoms with Crippen LogP contribution in [0.1, 0.15) is 30.6 Å². The Kier molecular flexibility index (Phi) is 4.73. The Morgan fingerprint density at radius 3 is 2.50 bits per heavy atom. The van der Waals surface area contributed by atoms with Gasteiger partial charge in [-0.05, 0) is 32.0 Å². The first-order chi connectivity index (χ1) is 9.18. The van der Waals surface area contributed by atoms with Gasteiger partial charge in [0, 0.05) is 19.8 Å². The lowest BCUT2D eigenvalue weighted by atomic mass is 10.0. The summed E-state index contributed by atoms with van der Waals surface area (Å²) in [7, 11) is 3.06. The fourth-order valence-corrected chi connectivity index (χ4v) is 1.71. The van der Waals surface area contributed by atoms with Crippen LogP contribution in [0.2, 0.25) is 0 Å². The number of methoxy groups -OCH3 is 1. The van der Waals surface area contributed by atoms with Crippen molar-refractivity contribution >= 4 is 23.3 Å². The van der Waals surface area contributed by atoms with Crippen LogP contribution >= 0.6 is 0 Å². The molecule has 0 saturated carbocycles. The number of carboxylic acid groups (broad SMARTS) is 1. The molecule has 0 bridgehead atoms. The number of rotatable bonds is 5. The first-order valence-corrected chi connectivity index (χ1v) is 6.12. The number of carbonyl (C=O) groups is 2. The number of carboxylic acids is 1. The molecule has 6 heteroatoms. The summed E-state index contributed by atoms with van der Waals surface area (Å²) in [5.41, 5.74) is 5.61. The highest BCUT2D eigenvalue weighted by Crippen LogP contribution is 2.24. The van der Waals surface area contributed by atoms with Crippen molar-refractivity contribution in [2.24, 2.45) is 0 Å². The first kappa shape index (κ1) is 16.0. The summed E-state index contributed by atoms with van der Waals surface area (Å²) in [5.74, 6) is -1.36. The molecule has 0 unspecified atom stereocenters. The van der Waals surface area contributed by atoms with Crippen LogP contribution in [0.15, 0.2) is 18.2 Å². The molecule has 6 nitrogen and oxygen atoms in total. The number of hydrogen-bond acceptors (Lipinski definition) is 4. The molecule has 0 aliphatic rings. The molecule has 0 heterocycles. The van der Waals surface area contributed by atoms with Crippen LogP contribution in [0.25, 0.3) is 0 Å². The van der Waals surface area contributed by atoms with Gasteiger partial charge >= 0.3 is 5.97 Å². The van der Waals surface area contributed by atoms with Crippen LogP contribution in [-0.4, -0.2) is 36.7 Å². The number of ether oxygens (including phenoxy) is 1. The fraction of sp³-hybridized carbons (Fsp3) is 0.429. The molecule has 20 heavy (non-hydrogen) atoms. The van der Waals surface area contributed by atoms with E-state index in [-0.39, 0.29) is 17.9 Å². The van der Waals surface area contributed by atoms with Gasteiger partial charge in [0.25, 0.3) is 0 Å². The van der Waals surface area contributed by atoms with Gasteiger partial charge in [-0.2, -0.15) is 0 Å². The Bertz CT molecular complexity index is 526. The third kappa shape index (κ3) is 3.71. The van der Waals surface area contributed by atoms with E-state index in [9.17, 15) is 14.7 Å². The smallest absolute Gasteiger partial charge is 0.337 e. The highest BCUT2D eigenvalue weighted by Gasteiger charge is 2.25. The number of nitrogen functional groups attached to an aromatic ring is 1. The van der Waals surface area contributed by atoms with E-state index in [1.54, 1.807) is 19.9 Å². The summed E-state index contributed by atoms with van der Waals surface area (Å²) in [6, 6.07) is 4.42. The second-order valence-corrected chi connectivity index (χ2v) is 5.18. The van der Waals surface area contributed by atoms with Crippen LogP contribution in [0.4, 0.5) is 11.4 Å². The van der Waals surface area contributed by atoms with E-state index in [1.165, 1.54) is 31.2 Å². The maximum absolute atomic E-state index is 12.2. The molecule has 0 saturated heterocycles. The quantitative estimate of drug-likeness (QED) is 0.801. The number of amides is 1. The van der Waals surface area contributed by atoms with Crippen molar-refractivity contribution in [3.05, 3.63) is 23.8 Å². The van der Waals surface area contributed by atoms with Gasteiger partial charge in [0.05, 0.1) is 23.3 Å². The lowest BCUT2D eigenvalue weighted by molar-refractivity contribution is -0.123. The van der Waals surface area contributed by atoms with Crippen molar-refractivity contribution < 1.29 is 19.4 Å². The molecule has 0 aliphatic heterocycles. The second-order valence-electron chi connectivity index (χ2n) is 5.18. The SMILES string of the molecule is COC(C)(C)CC(=O)N(C)c1ccc(N)cc1C(=O)O. The maximum Gasteiger partial charge on any atom is 0.337 e. The normalized spacial score (nSPS) is 11.2. The predicted molar refractivity (Wildman–Crippen MR) is 76.9 cm³/mol. The third-order valence-electron chi connectivity index (χ3n) is 3.12. The van der Waals surface area contributed by atoms with Crippen molar-refractivity contribution in [1.82, 2.24) is 0 Å². The van der Waals surface area contributed by atoms with Gasteiger partial charge in [-0.3, -0.25) is 4.79 Å². The van der Waals surface area contributed by atoms with E-state index in [0.717, 1.165) is 0 Å². The number of nitrogens with two attached hydrogens (primary N) is 1. The summed E-state index contributed by atoms with van der Waals surface area (Å²) < 4.78 is 5.21. The van der Waals surface area contributed by atoms with Gasteiger partial charge in [0.15, 0.2) is 0 Å². The highest BCUT2D eigenvalue weighted by atomic mass is 16.5. The van der Waals surface area contributed by atoms with Gasteiger partial charge in [0.1, 0.15) is 0 Å². The van der Waals surface area contributed by atoms with E-state index in [1.807, 2.05) is 0 Å². The largest absolute Gasteiger partial charge is 0.478 e. The zero-order chi connectivity index (χ0) is 15.5. The molecule has 3 N–H and O–H groups in total. The molecule has 1 amide bonds. The summed E-state index contributed by atoms with van der Waals surface area (Å²) in [6.45, 7) is 3.58. The summed E-state index contributed by atoms with van der Waals surface area (Å²) in [5, 5.41) is 9.18. The van der Waals surface area contributed by atoms with E-state index in [4.69, 9.17) is 10.5 Å². The predicted octanol–water partition coefficient (Wildman–Crippen LogP) is 1.74. The minimum atomic E-state index is -1.13. The van der Waals surface area contributed by atoms with Gasteiger partial charge in [-0.25, -0.2) is 4.79 Å². The van der Waals surface area contributed by atoms with Crippen molar-refractivity contribution in [3.8, 4) is 0 Å². The zero-order valence-corrected chi connectivity index (χ0v) is 12.1. The lowest BCUT2D eigenvalue weighted by Gasteiger charge is -2.26. The fourth-order valence-electron chi connectivity index (χ4n) is 1.71. The van der Waals surface area contributed by atoms with E-state index >= 15 is 0 Å². The maximum atomic E-state index is 12.2. The average molecular weight is 280 g/mol. The molecule has 1 aromatic carbocycles. The minimum absolute atomic E-state index is 0.00364. The second kappa shape index (κ2) is 5.92. The van der Waals surface area contributed by atoms with Crippen LogP contribution in [0.5, 0.6) is 0 Å². The van der Waals surface area contributed by atoms with Crippen molar-refractivity contribution in [2.75, 3.05) is 24.8 Å². The molecule has 1 rings (SSSR count). The van der Waals surface area contributed by atoms with E-state index < -0.39 is 11.6 Å². The number of benzene rings is 1. The number of nitrogens with zero attached hydrogens (tertiary/aromatic N) is 1. The Morgan fingerprint density at radius 1 is 1.40 bits per heavy atom. The first-order valence-electron chi connectivity index (χ1n) is 6.12. The Morgan fingerprint density at radius 2 is 2.00 bits per heavy atom. The highest BCUT2D eigenvalue weighted by molar-refractivity contribution is 6.02. The summed E-state index contributed by atoms with van der Waals surface area (Å²) in [4.78, 5) is 24.7. The average Bonchev–Trinajstić information content (AvgIpc) is 2.37. The number of carbonyl (C=O) groups excluding carboxylic acids is 1. The van der Waals surface area contributed by atoms with Crippen molar-refractivity contribution in [3.63, 3.8) is 0 Å². The molecule has 0 atom stereocenters. The van der Waals surface area contributed by atoms with Gasteiger partial charge in [0.2, 0.25) is 5.91 Å². The van der Waals surface area contributed by atoms with Gasteiger partial charge in [-0.15, -0.1) is 0 Å². The van der Waals surface area contributed by atoms with Crippen LogP contribution < -0.4 is 10.6 Å². The molecular weight excluding hydrogens is 260 g/mol. The Labute approximate surface area is 118 Å². The van der Waals surface area contributed by atoms with Crippen molar-refractivity contribution in [1.29, 1.82) is 0 Å². The van der Waals surface area contributed by atoms with Gasteiger partial charge in [-0.1, -0.05) is 0 Å². The minimum Gasteiger partial charge on any atom is -0.478 e. The monoisotopic (exact) mass is 280 g/mol.